The van der Waals surface area contributed by atoms with E-state index in [0.717, 1.165) is 31.2 Å². The number of benzene rings is 1. The van der Waals surface area contributed by atoms with Crippen LogP contribution in [0, 0.1) is 23.7 Å². The summed E-state index contributed by atoms with van der Waals surface area (Å²) in [7, 11) is 0. The second kappa shape index (κ2) is 6.46. The van der Waals surface area contributed by atoms with Gasteiger partial charge in [-0.2, -0.15) is 0 Å². The van der Waals surface area contributed by atoms with Crippen molar-refractivity contribution < 1.29 is 9.59 Å². The van der Waals surface area contributed by atoms with Crippen LogP contribution in [-0.4, -0.2) is 11.6 Å². The minimum atomic E-state index is 0.00329. The molecule has 0 aromatic heterocycles. The highest BCUT2D eigenvalue weighted by Gasteiger charge is 2.56. The summed E-state index contributed by atoms with van der Waals surface area (Å²) in [6.45, 7) is 2.23. The summed E-state index contributed by atoms with van der Waals surface area (Å²) in [6, 6.07) is 6.06. The zero-order valence-corrected chi connectivity index (χ0v) is 14.7. The normalized spacial score (nSPS) is 30.5. The second-order valence-electron chi connectivity index (χ2n) is 8.16. The third-order valence-electron chi connectivity index (χ3n) is 6.71. The van der Waals surface area contributed by atoms with E-state index in [0.29, 0.717) is 17.4 Å². The number of ketones is 2. The fourth-order valence-electron chi connectivity index (χ4n) is 5.50. The lowest BCUT2D eigenvalue weighted by Crippen LogP contribution is -2.40. The van der Waals surface area contributed by atoms with Crippen molar-refractivity contribution in [1.82, 2.24) is 0 Å². The number of Topliss-reactive ketones (excluding diaryl/α,β-unsaturated/α-hetero) is 2. The van der Waals surface area contributed by atoms with Gasteiger partial charge in [-0.1, -0.05) is 44.7 Å². The van der Waals surface area contributed by atoms with E-state index < -0.39 is 0 Å². The van der Waals surface area contributed by atoms with Crippen LogP contribution in [0.5, 0.6) is 0 Å². The molecule has 0 radical (unpaired) electrons. The molecule has 0 aliphatic heterocycles. The van der Waals surface area contributed by atoms with Crippen LogP contribution in [0.25, 0.3) is 0 Å². The summed E-state index contributed by atoms with van der Waals surface area (Å²) in [4.78, 5) is 26.0. The van der Waals surface area contributed by atoms with Crippen molar-refractivity contribution in [3.63, 3.8) is 0 Å². The molecule has 0 heterocycles. The molecule has 0 spiro atoms. The Morgan fingerprint density at radius 2 is 1.54 bits per heavy atom. The minimum absolute atomic E-state index is 0.00329. The molecule has 4 unspecified atom stereocenters. The third kappa shape index (κ3) is 2.55. The van der Waals surface area contributed by atoms with Gasteiger partial charge in [0.1, 0.15) is 0 Å². The first-order chi connectivity index (χ1) is 11.7. The molecule has 0 amide bonds. The summed E-state index contributed by atoms with van der Waals surface area (Å²) in [5.74, 6) is 1.49. The molecule has 3 aliphatic rings. The van der Waals surface area contributed by atoms with Gasteiger partial charge in [0.05, 0.1) is 0 Å². The number of rotatable bonds is 6. The highest BCUT2D eigenvalue weighted by atomic mass is 16.1. The predicted octanol–water partition coefficient (Wildman–Crippen LogP) is 5.24. The fraction of sp³-hybridized carbons (Fsp3) is 0.636. The summed E-state index contributed by atoms with van der Waals surface area (Å²) < 4.78 is 0. The maximum atomic E-state index is 13.0. The van der Waals surface area contributed by atoms with Gasteiger partial charge in [0.25, 0.3) is 0 Å². The van der Waals surface area contributed by atoms with E-state index in [1.165, 1.54) is 37.7 Å². The highest BCUT2D eigenvalue weighted by molar-refractivity contribution is 6.16. The number of carbonyl (C=O) groups excluding carboxylic acids is 2. The van der Waals surface area contributed by atoms with Gasteiger partial charge < -0.3 is 0 Å². The van der Waals surface area contributed by atoms with Gasteiger partial charge in [-0.3, -0.25) is 9.59 Å². The van der Waals surface area contributed by atoms with Gasteiger partial charge >= 0.3 is 0 Å². The van der Waals surface area contributed by atoms with Gasteiger partial charge in [-0.05, 0) is 55.6 Å². The molecule has 3 aliphatic carbocycles. The molecule has 2 heteroatoms. The second-order valence-corrected chi connectivity index (χ2v) is 8.16. The molecule has 2 bridgehead atoms. The summed E-state index contributed by atoms with van der Waals surface area (Å²) in [6.07, 6.45) is 10.7. The molecule has 1 aromatic carbocycles. The largest absolute Gasteiger partial charge is 0.294 e. The number of unbranched alkanes of at least 4 members (excludes halogenated alkanes) is 4. The summed E-state index contributed by atoms with van der Waals surface area (Å²) in [5.41, 5.74) is 2.68. The first-order valence-corrected chi connectivity index (χ1v) is 9.92. The zero-order valence-electron chi connectivity index (χ0n) is 14.7. The number of carbonyl (C=O) groups is 2. The molecular weight excluding hydrogens is 296 g/mol. The Morgan fingerprint density at radius 1 is 0.875 bits per heavy atom. The lowest BCUT2D eigenvalue weighted by atomic mass is 9.67. The van der Waals surface area contributed by atoms with Crippen molar-refractivity contribution >= 4 is 11.6 Å². The molecule has 2 fully saturated rings. The zero-order chi connectivity index (χ0) is 16.7. The van der Waals surface area contributed by atoms with Gasteiger partial charge in [0.2, 0.25) is 0 Å². The standard InChI is InChI=1S/C22H28O2/c1-2-3-4-5-6-7-14-8-11-17-18(12-14)22(24)20-16-10-9-15(13-16)19(20)21(17)23/h8,11-12,15-16,19-20H,2-7,9-10,13H2,1H3. The van der Waals surface area contributed by atoms with Crippen LogP contribution < -0.4 is 0 Å². The van der Waals surface area contributed by atoms with E-state index in [1.54, 1.807) is 0 Å². The van der Waals surface area contributed by atoms with E-state index in [-0.39, 0.29) is 23.4 Å². The molecule has 4 rings (SSSR count). The Kier molecular flexibility index (Phi) is 4.32. The van der Waals surface area contributed by atoms with Crippen LogP contribution in [0.2, 0.25) is 0 Å². The van der Waals surface area contributed by atoms with Crippen molar-refractivity contribution in [3.05, 3.63) is 34.9 Å². The number of fused-ring (bicyclic) bond motifs is 6. The van der Waals surface area contributed by atoms with E-state index in [2.05, 4.69) is 13.0 Å². The van der Waals surface area contributed by atoms with E-state index >= 15 is 0 Å². The lowest BCUT2D eigenvalue weighted by Gasteiger charge is -2.33. The average Bonchev–Trinajstić information content (AvgIpc) is 3.21. The Hall–Kier alpha value is -1.44. The van der Waals surface area contributed by atoms with E-state index in [1.807, 2.05) is 12.1 Å². The van der Waals surface area contributed by atoms with Crippen molar-refractivity contribution in [2.45, 2.75) is 64.7 Å². The minimum Gasteiger partial charge on any atom is -0.294 e. The highest BCUT2D eigenvalue weighted by Crippen LogP contribution is 2.56. The molecule has 2 nitrogen and oxygen atoms in total. The molecule has 2 saturated carbocycles. The van der Waals surface area contributed by atoms with Gasteiger partial charge in [-0.25, -0.2) is 0 Å². The Morgan fingerprint density at radius 3 is 2.25 bits per heavy atom. The first-order valence-electron chi connectivity index (χ1n) is 9.92. The van der Waals surface area contributed by atoms with Gasteiger partial charge in [0, 0.05) is 23.0 Å². The maximum absolute atomic E-state index is 13.0. The Bertz CT molecular complexity index is 660. The number of hydrogen-bond donors (Lipinski definition) is 0. The van der Waals surface area contributed by atoms with Crippen molar-refractivity contribution in [1.29, 1.82) is 0 Å². The molecule has 0 N–H and O–H groups in total. The smallest absolute Gasteiger partial charge is 0.167 e. The lowest BCUT2D eigenvalue weighted by molar-refractivity contribution is 0.0661. The topological polar surface area (TPSA) is 34.1 Å². The predicted molar refractivity (Wildman–Crippen MR) is 95.4 cm³/mol. The summed E-state index contributed by atoms with van der Waals surface area (Å²) in [5, 5.41) is 0. The van der Waals surface area contributed by atoms with E-state index in [9.17, 15) is 9.59 Å². The van der Waals surface area contributed by atoms with Crippen molar-refractivity contribution in [3.8, 4) is 0 Å². The molecular formula is C22H28O2. The van der Waals surface area contributed by atoms with Crippen molar-refractivity contribution in [2.75, 3.05) is 0 Å². The van der Waals surface area contributed by atoms with Crippen LogP contribution in [0.4, 0.5) is 0 Å². The monoisotopic (exact) mass is 324 g/mol. The third-order valence-corrected chi connectivity index (χ3v) is 6.71. The van der Waals surface area contributed by atoms with Crippen LogP contribution in [0.15, 0.2) is 18.2 Å². The SMILES string of the molecule is CCCCCCCc1ccc2c(c1)C(=O)C1C3CCC(C3)C1C2=O. The summed E-state index contributed by atoms with van der Waals surface area (Å²) >= 11 is 0. The number of hydrogen-bond acceptors (Lipinski definition) is 2. The van der Waals surface area contributed by atoms with Crippen LogP contribution in [-0.2, 0) is 6.42 Å². The quantitative estimate of drug-likeness (QED) is 0.670. The van der Waals surface area contributed by atoms with Crippen LogP contribution >= 0.6 is 0 Å². The first kappa shape index (κ1) is 16.1. The van der Waals surface area contributed by atoms with Crippen LogP contribution in [0.1, 0.15) is 84.6 Å². The Labute approximate surface area is 145 Å². The van der Waals surface area contributed by atoms with Crippen molar-refractivity contribution in [2.24, 2.45) is 23.7 Å². The number of aryl methyl sites for hydroxylation is 1. The molecule has 24 heavy (non-hydrogen) atoms. The fourth-order valence-corrected chi connectivity index (χ4v) is 5.50. The Balaban J connectivity index is 1.52. The van der Waals surface area contributed by atoms with Crippen LogP contribution in [0.3, 0.4) is 0 Å². The molecule has 1 aromatic rings. The molecule has 128 valence electrons. The molecule has 4 atom stereocenters. The molecule has 0 saturated heterocycles. The average molecular weight is 324 g/mol. The van der Waals surface area contributed by atoms with Gasteiger partial charge in [0.15, 0.2) is 11.6 Å². The maximum Gasteiger partial charge on any atom is 0.167 e. The van der Waals surface area contributed by atoms with Gasteiger partial charge in [-0.15, -0.1) is 0 Å². The van der Waals surface area contributed by atoms with E-state index in [4.69, 9.17) is 0 Å².